The fourth-order valence-corrected chi connectivity index (χ4v) is 3.37. The van der Waals surface area contributed by atoms with Crippen molar-refractivity contribution < 1.29 is 13.6 Å². The molecule has 0 saturated carbocycles. The topological polar surface area (TPSA) is 90.3 Å². The van der Waals surface area contributed by atoms with Crippen LogP contribution in [0.2, 0.25) is 0 Å². The molecule has 1 N–H and O–H groups in total. The third kappa shape index (κ3) is 3.43. The van der Waals surface area contributed by atoms with Gasteiger partial charge in [-0.2, -0.15) is 0 Å². The summed E-state index contributed by atoms with van der Waals surface area (Å²) < 4.78 is 12.9. The van der Waals surface area contributed by atoms with E-state index in [4.69, 9.17) is 8.83 Å². The quantitative estimate of drug-likeness (QED) is 0.411. The fraction of sp³-hybridized carbons (Fsp3) is 0.286. The van der Waals surface area contributed by atoms with Crippen molar-refractivity contribution >= 4 is 27.8 Å². The highest BCUT2D eigenvalue weighted by Gasteiger charge is 2.16. The number of aromatic nitrogens is 2. The van der Waals surface area contributed by atoms with Crippen LogP contribution < -0.4 is 10.9 Å². The lowest BCUT2D eigenvalue weighted by atomic mass is 10.0. The van der Waals surface area contributed by atoms with Gasteiger partial charge < -0.3 is 18.7 Å². The number of imidazole rings is 1. The Morgan fingerprint density at radius 1 is 1.21 bits per heavy atom. The average Bonchev–Trinajstić information content (AvgIpc) is 3.31. The number of furan rings is 1. The minimum atomic E-state index is -0.485. The standard InChI is InChI=1S/C21H21N3O4/c1-13-11-27-18-10-19-16(8-15(13)18)14(2)17(21(26)28-19)9-20(25)23-4-3-6-24-7-5-22-12-24/h5,7-8,10-12H,3-4,6,9H2,1-2H3,(H,23,25). The molecule has 0 aliphatic heterocycles. The molecule has 0 fully saturated rings. The number of carbonyl (C=O) groups excluding carboxylic acids is 1. The first-order chi connectivity index (χ1) is 13.5. The van der Waals surface area contributed by atoms with E-state index in [9.17, 15) is 9.59 Å². The van der Waals surface area contributed by atoms with Crippen molar-refractivity contribution in [1.82, 2.24) is 14.9 Å². The predicted octanol–water partition coefficient (Wildman–Crippen LogP) is 3.10. The highest BCUT2D eigenvalue weighted by atomic mass is 16.4. The molecule has 0 atom stereocenters. The maximum absolute atomic E-state index is 12.4. The van der Waals surface area contributed by atoms with Crippen molar-refractivity contribution in [3.8, 4) is 0 Å². The molecule has 3 aromatic heterocycles. The van der Waals surface area contributed by atoms with Gasteiger partial charge >= 0.3 is 5.63 Å². The Hall–Kier alpha value is -3.35. The van der Waals surface area contributed by atoms with Gasteiger partial charge in [0.05, 0.1) is 24.6 Å². The van der Waals surface area contributed by atoms with Gasteiger partial charge in [0.15, 0.2) is 0 Å². The minimum Gasteiger partial charge on any atom is -0.464 e. The van der Waals surface area contributed by atoms with Gasteiger partial charge in [-0.3, -0.25) is 4.79 Å². The normalized spacial score (nSPS) is 11.4. The van der Waals surface area contributed by atoms with E-state index in [2.05, 4.69) is 10.3 Å². The van der Waals surface area contributed by atoms with E-state index in [-0.39, 0.29) is 12.3 Å². The van der Waals surface area contributed by atoms with Gasteiger partial charge in [-0.1, -0.05) is 0 Å². The summed E-state index contributed by atoms with van der Waals surface area (Å²) in [4.78, 5) is 28.7. The molecule has 0 radical (unpaired) electrons. The SMILES string of the molecule is Cc1coc2cc3oc(=O)c(CC(=O)NCCCn4ccnc4)c(C)c3cc12. The number of hydrogen-bond acceptors (Lipinski definition) is 5. The molecule has 0 aliphatic rings. The van der Waals surface area contributed by atoms with Crippen LogP contribution in [0.25, 0.3) is 21.9 Å². The molecule has 7 heteroatoms. The molecule has 4 aromatic rings. The number of fused-ring (bicyclic) bond motifs is 2. The minimum absolute atomic E-state index is 0.00239. The molecule has 0 bridgehead atoms. The predicted molar refractivity (Wildman–Crippen MR) is 105 cm³/mol. The number of benzene rings is 1. The second kappa shape index (κ2) is 7.34. The highest BCUT2D eigenvalue weighted by Crippen LogP contribution is 2.28. The summed E-state index contributed by atoms with van der Waals surface area (Å²) in [5, 5.41) is 4.65. The van der Waals surface area contributed by atoms with Crippen LogP contribution in [-0.4, -0.2) is 22.0 Å². The van der Waals surface area contributed by atoms with Crippen molar-refractivity contribution in [3.63, 3.8) is 0 Å². The van der Waals surface area contributed by atoms with Crippen LogP contribution in [0.15, 0.2) is 50.7 Å². The van der Waals surface area contributed by atoms with Crippen LogP contribution in [0.3, 0.4) is 0 Å². The van der Waals surface area contributed by atoms with E-state index >= 15 is 0 Å². The summed E-state index contributed by atoms with van der Waals surface area (Å²) in [6.07, 6.45) is 7.80. The third-order valence-electron chi connectivity index (χ3n) is 4.99. The van der Waals surface area contributed by atoms with Crippen molar-refractivity contribution in [2.45, 2.75) is 33.2 Å². The number of amides is 1. The van der Waals surface area contributed by atoms with Gasteiger partial charge in [-0.15, -0.1) is 0 Å². The molecule has 1 amide bonds. The molecule has 1 aromatic carbocycles. The lowest BCUT2D eigenvalue weighted by Gasteiger charge is -2.09. The van der Waals surface area contributed by atoms with E-state index in [1.54, 1.807) is 24.9 Å². The molecule has 3 heterocycles. The summed E-state index contributed by atoms with van der Waals surface area (Å²) in [7, 11) is 0. The van der Waals surface area contributed by atoms with E-state index < -0.39 is 5.63 Å². The monoisotopic (exact) mass is 379 g/mol. The second-order valence-electron chi connectivity index (χ2n) is 6.94. The number of nitrogens with zero attached hydrogens (tertiary/aromatic N) is 2. The van der Waals surface area contributed by atoms with Crippen molar-refractivity contribution in [3.05, 3.63) is 64.2 Å². The number of nitrogens with one attached hydrogen (secondary N) is 1. The zero-order valence-corrected chi connectivity index (χ0v) is 15.8. The van der Waals surface area contributed by atoms with Crippen LogP contribution in [0.1, 0.15) is 23.1 Å². The largest absolute Gasteiger partial charge is 0.464 e. The Bertz CT molecular complexity index is 1200. The third-order valence-corrected chi connectivity index (χ3v) is 4.99. The summed E-state index contributed by atoms with van der Waals surface area (Å²) >= 11 is 0. The summed E-state index contributed by atoms with van der Waals surface area (Å²) in [5.74, 6) is -0.194. The van der Waals surface area contributed by atoms with Crippen LogP contribution in [-0.2, 0) is 17.8 Å². The molecule has 28 heavy (non-hydrogen) atoms. The van der Waals surface area contributed by atoms with E-state index in [0.717, 1.165) is 34.9 Å². The summed E-state index contributed by atoms with van der Waals surface area (Å²) in [5.41, 5.74) is 2.83. The smallest absolute Gasteiger partial charge is 0.340 e. The summed E-state index contributed by atoms with van der Waals surface area (Å²) in [6.45, 7) is 5.12. The Kier molecular flexibility index (Phi) is 4.73. The van der Waals surface area contributed by atoms with Crippen LogP contribution in [0.5, 0.6) is 0 Å². The highest BCUT2D eigenvalue weighted by molar-refractivity contribution is 5.96. The zero-order chi connectivity index (χ0) is 19.7. The number of hydrogen-bond donors (Lipinski definition) is 1. The van der Waals surface area contributed by atoms with Gasteiger partial charge in [0.25, 0.3) is 0 Å². The maximum atomic E-state index is 12.4. The first-order valence-corrected chi connectivity index (χ1v) is 9.19. The van der Waals surface area contributed by atoms with E-state index in [1.807, 2.05) is 30.7 Å². The lowest BCUT2D eigenvalue weighted by Crippen LogP contribution is -2.29. The van der Waals surface area contributed by atoms with Gasteiger partial charge in [0, 0.05) is 42.3 Å². The lowest BCUT2D eigenvalue weighted by molar-refractivity contribution is -0.120. The van der Waals surface area contributed by atoms with Crippen molar-refractivity contribution in [2.75, 3.05) is 6.54 Å². The van der Waals surface area contributed by atoms with Crippen molar-refractivity contribution in [1.29, 1.82) is 0 Å². The molecular weight excluding hydrogens is 358 g/mol. The molecule has 0 saturated heterocycles. The molecule has 0 unspecified atom stereocenters. The van der Waals surface area contributed by atoms with Gasteiger partial charge in [-0.25, -0.2) is 9.78 Å². The Labute approximate surface area is 161 Å². The van der Waals surface area contributed by atoms with Crippen LogP contribution >= 0.6 is 0 Å². The molecular formula is C21H21N3O4. The number of aryl methyl sites for hydroxylation is 3. The van der Waals surface area contributed by atoms with Crippen molar-refractivity contribution in [2.24, 2.45) is 0 Å². The molecule has 0 spiro atoms. The van der Waals surface area contributed by atoms with Gasteiger partial charge in [0.2, 0.25) is 5.91 Å². The van der Waals surface area contributed by atoms with Crippen LogP contribution in [0, 0.1) is 13.8 Å². The van der Waals surface area contributed by atoms with E-state index in [0.29, 0.717) is 23.3 Å². The molecule has 0 aliphatic carbocycles. The zero-order valence-electron chi connectivity index (χ0n) is 15.8. The Balaban J connectivity index is 1.51. The maximum Gasteiger partial charge on any atom is 0.340 e. The Morgan fingerprint density at radius 3 is 2.86 bits per heavy atom. The number of carbonyl (C=O) groups is 1. The first kappa shape index (κ1) is 18.0. The first-order valence-electron chi connectivity index (χ1n) is 9.19. The summed E-state index contributed by atoms with van der Waals surface area (Å²) in [6, 6.07) is 3.68. The molecule has 144 valence electrons. The van der Waals surface area contributed by atoms with E-state index in [1.165, 1.54) is 0 Å². The van der Waals surface area contributed by atoms with Crippen LogP contribution in [0.4, 0.5) is 0 Å². The Morgan fingerprint density at radius 2 is 2.07 bits per heavy atom. The number of rotatable bonds is 6. The van der Waals surface area contributed by atoms with Gasteiger partial charge in [-0.05, 0) is 37.5 Å². The molecule has 7 nitrogen and oxygen atoms in total. The molecule has 4 rings (SSSR count). The second-order valence-corrected chi connectivity index (χ2v) is 6.94. The average molecular weight is 379 g/mol. The van der Waals surface area contributed by atoms with Gasteiger partial charge in [0.1, 0.15) is 11.2 Å². The fourth-order valence-electron chi connectivity index (χ4n) is 3.37.